The predicted octanol–water partition coefficient (Wildman–Crippen LogP) is 1.49. The molecule has 0 aliphatic carbocycles. The first kappa shape index (κ1) is 14.4. The quantitative estimate of drug-likeness (QED) is 0.835. The van der Waals surface area contributed by atoms with Crippen LogP contribution in [0.3, 0.4) is 0 Å². The van der Waals surface area contributed by atoms with Gasteiger partial charge in [0, 0.05) is 5.56 Å². The van der Waals surface area contributed by atoms with Gasteiger partial charge in [0.25, 0.3) is 0 Å². The second-order valence-electron chi connectivity index (χ2n) is 4.15. The molecule has 0 fully saturated rings. The lowest BCUT2D eigenvalue weighted by Gasteiger charge is -2.08. The third-order valence-corrected chi connectivity index (χ3v) is 3.03. The first-order valence-corrected chi connectivity index (χ1v) is 6.07. The summed E-state index contributed by atoms with van der Waals surface area (Å²) < 4.78 is 11.7. The Bertz CT molecular complexity index is 716. The fourth-order valence-electron chi connectivity index (χ4n) is 1.99. The summed E-state index contributed by atoms with van der Waals surface area (Å²) in [6.45, 7) is -0.0278. The summed E-state index contributed by atoms with van der Waals surface area (Å²) in [6.07, 6.45) is 0.627. The molecule has 2 aromatic rings. The molecular weight excluding hydrogens is 272 g/mol. The van der Waals surface area contributed by atoms with E-state index in [9.17, 15) is 4.79 Å². The van der Waals surface area contributed by atoms with Gasteiger partial charge in [0.2, 0.25) is 0 Å². The molecule has 0 aliphatic heterocycles. The summed E-state index contributed by atoms with van der Waals surface area (Å²) in [6, 6.07) is 7.09. The molecule has 0 saturated carbocycles. The SMILES string of the molecule is COc1ccc(-c2nn(CC#N)c(N)c2C=O)cc1OC. The second kappa shape index (κ2) is 5.96. The molecule has 0 amide bonds. The van der Waals surface area contributed by atoms with Crippen LogP contribution in [0.25, 0.3) is 11.3 Å². The van der Waals surface area contributed by atoms with Crippen molar-refractivity contribution < 1.29 is 14.3 Å². The summed E-state index contributed by atoms with van der Waals surface area (Å²) >= 11 is 0. The van der Waals surface area contributed by atoms with Gasteiger partial charge in [0.1, 0.15) is 18.1 Å². The molecular formula is C14H14N4O3. The van der Waals surface area contributed by atoms with E-state index in [0.717, 1.165) is 0 Å². The molecule has 0 spiro atoms. The maximum Gasteiger partial charge on any atom is 0.161 e. The van der Waals surface area contributed by atoms with Gasteiger partial charge < -0.3 is 15.2 Å². The molecule has 7 heteroatoms. The van der Waals surface area contributed by atoms with Gasteiger partial charge in [-0.05, 0) is 18.2 Å². The number of methoxy groups -OCH3 is 2. The van der Waals surface area contributed by atoms with Crippen molar-refractivity contribution >= 4 is 12.1 Å². The van der Waals surface area contributed by atoms with Crippen LogP contribution in [0.4, 0.5) is 5.82 Å². The van der Waals surface area contributed by atoms with Crippen molar-refractivity contribution in [1.29, 1.82) is 5.26 Å². The molecule has 0 bridgehead atoms. The smallest absolute Gasteiger partial charge is 0.161 e. The summed E-state index contributed by atoms with van der Waals surface area (Å²) in [5.41, 5.74) is 7.13. The Hall–Kier alpha value is -3.01. The summed E-state index contributed by atoms with van der Waals surface area (Å²) in [4.78, 5) is 11.2. The molecule has 7 nitrogen and oxygen atoms in total. The van der Waals surface area contributed by atoms with Crippen molar-refractivity contribution in [3.05, 3.63) is 23.8 Å². The number of rotatable bonds is 5. The van der Waals surface area contributed by atoms with Crippen molar-refractivity contribution in [2.75, 3.05) is 20.0 Å². The van der Waals surface area contributed by atoms with Crippen molar-refractivity contribution in [3.8, 4) is 28.8 Å². The number of ether oxygens (including phenoxy) is 2. The number of nitrogens with two attached hydrogens (primary N) is 1. The monoisotopic (exact) mass is 286 g/mol. The Morgan fingerprint density at radius 3 is 2.67 bits per heavy atom. The zero-order chi connectivity index (χ0) is 15.4. The number of hydrogen-bond acceptors (Lipinski definition) is 6. The van der Waals surface area contributed by atoms with E-state index in [4.69, 9.17) is 20.5 Å². The lowest BCUT2D eigenvalue weighted by molar-refractivity contribution is 0.112. The van der Waals surface area contributed by atoms with Gasteiger partial charge in [-0.1, -0.05) is 0 Å². The van der Waals surface area contributed by atoms with E-state index in [2.05, 4.69) is 5.10 Å². The minimum absolute atomic E-state index is 0.0278. The van der Waals surface area contributed by atoms with Gasteiger partial charge in [-0.3, -0.25) is 4.79 Å². The van der Waals surface area contributed by atoms with Gasteiger partial charge in [-0.15, -0.1) is 0 Å². The van der Waals surface area contributed by atoms with E-state index >= 15 is 0 Å². The van der Waals surface area contributed by atoms with Crippen molar-refractivity contribution in [2.45, 2.75) is 6.54 Å². The maximum atomic E-state index is 11.2. The number of carbonyl (C=O) groups is 1. The van der Waals surface area contributed by atoms with Crippen LogP contribution in [0.2, 0.25) is 0 Å². The van der Waals surface area contributed by atoms with Crippen LogP contribution in [-0.2, 0) is 6.54 Å². The molecule has 0 saturated heterocycles. The minimum Gasteiger partial charge on any atom is -0.493 e. The number of benzene rings is 1. The maximum absolute atomic E-state index is 11.2. The molecule has 1 heterocycles. The number of nitrogens with zero attached hydrogens (tertiary/aromatic N) is 3. The van der Waals surface area contributed by atoms with E-state index in [0.29, 0.717) is 29.0 Å². The van der Waals surface area contributed by atoms with Gasteiger partial charge in [-0.25, -0.2) is 4.68 Å². The Morgan fingerprint density at radius 1 is 1.38 bits per heavy atom. The number of nitriles is 1. The lowest BCUT2D eigenvalue weighted by Crippen LogP contribution is -2.03. The Morgan fingerprint density at radius 2 is 2.10 bits per heavy atom. The molecule has 0 atom stereocenters. The van der Waals surface area contributed by atoms with Gasteiger partial charge in [0.05, 0.1) is 25.9 Å². The average molecular weight is 286 g/mol. The topological polar surface area (TPSA) is 103 Å². The van der Waals surface area contributed by atoms with Crippen LogP contribution in [0, 0.1) is 11.3 Å². The molecule has 1 aromatic heterocycles. The first-order chi connectivity index (χ1) is 10.2. The van der Waals surface area contributed by atoms with Crippen LogP contribution in [0.1, 0.15) is 10.4 Å². The van der Waals surface area contributed by atoms with E-state index in [1.54, 1.807) is 18.2 Å². The van der Waals surface area contributed by atoms with Gasteiger partial charge in [0.15, 0.2) is 17.8 Å². The highest BCUT2D eigenvalue weighted by Gasteiger charge is 2.18. The Balaban J connectivity index is 2.59. The predicted molar refractivity (Wildman–Crippen MR) is 76.2 cm³/mol. The average Bonchev–Trinajstić information content (AvgIpc) is 2.83. The number of hydrogen-bond donors (Lipinski definition) is 1. The number of carbonyl (C=O) groups excluding carboxylic acids is 1. The highest BCUT2D eigenvalue weighted by atomic mass is 16.5. The van der Waals surface area contributed by atoms with Crippen LogP contribution >= 0.6 is 0 Å². The standard InChI is InChI=1S/C14H14N4O3/c1-20-11-4-3-9(7-12(11)21-2)13-10(8-19)14(16)18(17-13)6-5-15/h3-4,7-8H,6,16H2,1-2H3. The molecule has 0 unspecified atom stereocenters. The Labute approximate surface area is 121 Å². The second-order valence-corrected chi connectivity index (χ2v) is 4.15. The number of anilines is 1. The fourth-order valence-corrected chi connectivity index (χ4v) is 1.99. The summed E-state index contributed by atoms with van der Waals surface area (Å²) in [5.74, 6) is 1.25. The zero-order valence-corrected chi connectivity index (χ0v) is 11.7. The third kappa shape index (κ3) is 2.51. The minimum atomic E-state index is -0.0278. The van der Waals surface area contributed by atoms with Crippen molar-refractivity contribution in [3.63, 3.8) is 0 Å². The fraction of sp³-hybridized carbons (Fsp3) is 0.214. The van der Waals surface area contributed by atoms with E-state index in [1.165, 1.54) is 18.9 Å². The molecule has 108 valence electrons. The van der Waals surface area contributed by atoms with Gasteiger partial charge >= 0.3 is 0 Å². The number of aromatic nitrogens is 2. The number of aldehydes is 1. The van der Waals surface area contributed by atoms with Crippen LogP contribution < -0.4 is 15.2 Å². The third-order valence-electron chi connectivity index (χ3n) is 3.03. The van der Waals surface area contributed by atoms with Gasteiger partial charge in [-0.2, -0.15) is 10.4 Å². The van der Waals surface area contributed by atoms with E-state index in [1.807, 2.05) is 6.07 Å². The molecule has 0 aliphatic rings. The first-order valence-electron chi connectivity index (χ1n) is 6.07. The molecule has 2 N–H and O–H groups in total. The number of nitrogen functional groups attached to an aromatic ring is 1. The highest BCUT2D eigenvalue weighted by molar-refractivity contribution is 5.91. The largest absolute Gasteiger partial charge is 0.493 e. The molecule has 2 rings (SSSR count). The van der Waals surface area contributed by atoms with E-state index in [-0.39, 0.29) is 17.9 Å². The molecule has 0 radical (unpaired) electrons. The van der Waals surface area contributed by atoms with E-state index < -0.39 is 0 Å². The van der Waals surface area contributed by atoms with Crippen LogP contribution in [-0.4, -0.2) is 30.3 Å². The summed E-state index contributed by atoms with van der Waals surface area (Å²) in [7, 11) is 3.05. The lowest BCUT2D eigenvalue weighted by atomic mass is 10.1. The van der Waals surface area contributed by atoms with Crippen LogP contribution in [0.5, 0.6) is 11.5 Å². The van der Waals surface area contributed by atoms with Crippen molar-refractivity contribution in [2.24, 2.45) is 0 Å². The highest BCUT2D eigenvalue weighted by Crippen LogP contribution is 2.34. The molecule has 21 heavy (non-hydrogen) atoms. The van der Waals surface area contributed by atoms with Crippen LogP contribution in [0.15, 0.2) is 18.2 Å². The van der Waals surface area contributed by atoms with Crippen molar-refractivity contribution in [1.82, 2.24) is 9.78 Å². The zero-order valence-electron chi connectivity index (χ0n) is 11.7. The molecule has 1 aromatic carbocycles. The normalized spacial score (nSPS) is 9.95. The Kier molecular flexibility index (Phi) is 4.09. The summed E-state index contributed by atoms with van der Waals surface area (Å²) in [5, 5.41) is 13.0.